The number of nitro groups is 2. The van der Waals surface area contributed by atoms with E-state index in [9.17, 15) is 25.0 Å². The highest BCUT2D eigenvalue weighted by molar-refractivity contribution is 8.27. The number of carbonyl (C=O) groups excluding carboxylic acids is 1. The monoisotopic (exact) mass is 453 g/mol. The third kappa shape index (κ3) is 4.09. The van der Waals surface area contributed by atoms with Crippen molar-refractivity contribution < 1.29 is 19.1 Å². The number of anilines is 1. The Balaban J connectivity index is 1.58. The van der Waals surface area contributed by atoms with E-state index in [1.54, 1.807) is 30.3 Å². The lowest BCUT2D eigenvalue weighted by Gasteiger charge is -2.13. The number of furan rings is 1. The van der Waals surface area contributed by atoms with Gasteiger partial charge in [-0.15, -0.1) is 0 Å². The molecule has 11 heteroatoms. The second-order valence-electron chi connectivity index (χ2n) is 6.30. The number of carbonyl (C=O) groups is 1. The molecule has 1 aliphatic heterocycles. The van der Waals surface area contributed by atoms with Crippen molar-refractivity contribution >= 4 is 57.3 Å². The molecule has 1 amide bonds. The first-order valence-corrected chi connectivity index (χ1v) is 9.93. The highest BCUT2D eigenvalue weighted by atomic mass is 32.2. The summed E-state index contributed by atoms with van der Waals surface area (Å²) in [6.45, 7) is 0. The summed E-state index contributed by atoms with van der Waals surface area (Å²) in [7, 11) is 0. The zero-order valence-electron chi connectivity index (χ0n) is 15.5. The normalized spacial score (nSPS) is 15.0. The number of amides is 1. The molecule has 154 valence electrons. The van der Waals surface area contributed by atoms with Crippen molar-refractivity contribution in [3.8, 4) is 11.3 Å². The van der Waals surface area contributed by atoms with Gasteiger partial charge in [0.1, 0.15) is 11.5 Å². The Bertz CT molecular complexity index is 1270. The maximum atomic E-state index is 12.9. The molecule has 9 nitrogen and oxygen atoms in total. The second kappa shape index (κ2) is 8.13. The number of benzene rings is 2. The van der Waals surface area contributed by atoms with Crippen LogP contribution in [0.5, 0.6) is 0 Å². The molecule has 1 saturated heterocycles. The van der Waals surface area contributed by atoms with Crippen molar-refractivity contribution in [1.29, 1.82) is 0 Å². The number of nitrogens with zero attached hydrogens (tertiary/aromatic N) is 3. The molecule has 2 heterocycles. The maximum Gasteiger partial charge on any atom is 0.271 e. The van der Waals surface area contributed by atoms with Crippen LogP contribution in [0.4, 0.5) is 17.1 Å². The lowest BCUT2D eigenvalue weighted by molar-refractivity contribution is -0.385. The minimum absolute atomic E-state index is 0.0275. The fraction of sp³-hybridized carbons (Fsp3) is 0. The van der Waals surface area contributed by atoms with Crippen LogP contribution in [0.1, 0.15) is 5.76 Å². The average molecular weight is 453 g/mol. The first-order chi connectivity index (χ1) is 14.8. The van der Waals surface area contributed by atoms with Gasteiger partial charge in [0, 0.05) is 35.9 Å². The molecule has 1 aliphatic rings. The predicted octanol–water partition coefficient (Wildman–Crippen LogP) is 5.17. The molecule has 0 atom stereocenters. The number of thiocarbonyl (C=S) groups is 1. The van der Waals surface area contributed by atoms with Crippen LogP contribution < -0.4 is 4.90 Å². The van der Waals surface area contributed by atoms with Crippen molar-refractivity contribution in [2.24, 2.45) is 0 Å². The summed E-state index contributed by atoms with van der Waals surface area (Å²) in [5.74, 6) is 0.465. The van der Waals surface area contributed by atoms with E-state index in [2.05, 4.69) is 0 Å². The van der Waals surface area contributed by atoms with Crippen LogP contribution in [-0.2, 0) is 4.79 Å². The molecule has 0 unspecified atom stereocenters. The van der Waals surface area contributed by atoms with Gasteiger partial charge in [0.15, 0.2) is 4.32 Å². The average Bonchev–Trinajstić information content (AvgIpc) is 3.32. The number of hydrogen-bond donors (Lipinski definition) is 0. The minimum Gasteiger partial charge on any atom is -0.457 e. The summed E-state index contributed by atoms with van der Waals surface area (Å²) in [6.07, 6.45) is 1.53. The number of thioether (sulfide) groups is 1. The van der Waals surface area contributed by atoms with Crippen LogP contribution >= 0.6 is 24.0 Å². The lowest BCUT2D eigenvalue weighted by atomic mass is 10.1. The van der Waals surface area contributed by atoms with Crippen molar-refractivity contribution in [2.45, 2.75) is 0 Å². The molecular formula is C20H11N3O6S2. The van der Waals surface area contributed by atoms with Crippen molar-refractivity contribution in [1.82, 2.24) is 0 Å². The zero-order valence-corrected chi connectivity index (χ0v) is 17.1. The topological polar surface area (TPSA) is 120 Å². The van der Waals surface area contributed by atoms with E-state index >= 15 is 0 Å². The standard InChI is InChI=1S/C20H11N3O6S2/c24-19-18(31-20(30)21(19)14-2-1-3-15(10-14)23(27)28)11-16-8-9-17(29-16)12-4-6-13(7-5-12)22(25)26/h1-11H. The van der Waals surface area contributed by atoms with E-state index in [1.807, 2.05) is 0 Å². The second-order valence-corrected chi connectivity index (χ2v) is 7.98. The quantitative estimate of drug-likeness (QED) is 0.225. The maximum absolute atomic E-state index is 12.9. The molecule has 0 aliphatic carbocycles. The summed E-state index contributed by atoms with van der Waals surface area (Å²) in [6, 6.07) is 14.9. The third-order valence-electron chi connectivity index (χ3n) is 4.36. The smallest absolute Gasteiger partial charge is 0.271 e. The number of nitro benzene ring substituents is 2. The Kier molecular flexibility index (Phi) is 5.36. The molecule has 1 fully saturated rings. The SMILES string of the molecule is O=C1C(=Cc2ccc(-c3ccc([N+](=O)[O-])cc3)o2)SC(=S)N1c1cccc([N+](=O)[O-])c1. The van der Waals surface area contributed by atoms with Gasteiger partial charge in [-0.3, -0.25) is 29.9 Å². The summed E-state index contributed by atoms with van der Waals surface area (Å²) >= 11 is 6.35. The van der Waals surface area contributed by atoms with Crippen molar-refractivity contribution in [3.05, 3.63) is 91.6 Å². The highest BCUT2D eigenvalue weighted by Crippen LogP contribution is 2.37. The van der Waals surface area contributed by atoms with E-state index in [0.29, 0.717) is 27.7 Å². The van der Waals surface area contributed by atoms with Gasteiger partial charge in [0.25, 0.3) is 17.3 Å². The molecule has 0 spiro atoms. The van der Waals surface area contributed by atoms with E-state index in [0.717, 1.165) is 11.8 Å². The van der Waals surface area contributed by atoms with E-state index in [-0.39, 0.29) is 15.7 Å². The van der Waals surface area contributed by atoms with Gasteiger partial charge in [0.2, 0.25) is 0 Å². The summed E-state index contributed by atoms with van der Waals surface area (Å²) in [5, 5.41) is 21.8. The van der Waals surface area contributed by atoms with Crippen LogP contribution in [0.15, 0.2) is 70.0 Å². The molecule has 0 saturated carbocycles. The molecule has 0 N–H and O–H groups in total. The predicted molar refractivity (Wildman–Crippen MR) is 120 cm³/mol. The molecule has 4 rings (SSSR count). The molecule has 3 aromatic rings. The van der Waals surface area contributed by atoms with Gasteiger partial charge in [-0.1, -0.05) is 30.0 Å². The Morgan fingerprint density at radius 3 is 2.35 bits per heavy atom. The Morgan fingerprint density at radius 2 is 1.68 bits per heavy atom. The van der Waals surface area contributed by atoms with Gasteiger partial charge in [0.05, 0.1) is 20.4 Å². The highest BCUT2D eigenvalue weighted by Gasteiger charge is 2.34. The van der Waals surface area contributed by atoms with Crippen LogP contribution in [0, 0.1) is 20.2 Å². The number of hydrogen-bond acceptors (Lipinski definition) is 8. The molecule has 1 aromatic heterocycles. The Morgan fingerprint density at radius 1 is 0.968 bits per heavy atom. The van der Waals surface area contributed by atoms with Crippen LogP contribution in [0.3, 0.4) is 0 Å². The summed E-state index contributed by atoms with van der Waals surface area (Å²) in [4.78, 5) is 35.2. The largest absolute Gasteiger partial charge is 0.457 e. The first kappa shape index (κ1) is 20.4. The van der Waals surface area contributed by atoms with Gasteiger partial charge in [-0.2, -0.15) is 0 Å². The summed E-state index contributed by atoms with van der Waals surface area (Å²) in [5.41, 5.74) is 0.787. The zero-order chi connectivity index (χ0) is 22.1. The molecule has 31 heavy (non-hydrogen) atoms. The molecule has 0 bridgehead atoms. The van der Waals surface area contributed by atoms with Gasteiger partial charge >= 0.3 is 0 Å². The molecular weight excluding hydrogens is 442 g/mol. The Labute approximate surface area is 184 Å². The fourth-order valence-corrected chi connectivity index (χ4v) is 4.18. The van der Waals surface area contributed by atoms with Gasteiger partial charge < -0.3 is 4.42 Å². The van der Waals surface area contributed by atoms with Crippen LogP contribution in [-0.4, -0.2) is 20.1 Å². The van der Waals surface area contributed by atoms with Gasteiger partial charge in [-0.05, 0) is 30.3 Å². The van der Waals surface area contributed by atoms with E-state index in [4.69, 9.17) is 16.6 Å². The first-order valence-electron chi connectivity index (χ1n) is 8.70. The van der Waals surface area contributed by atoms with E-state index < -0.39 is 15.8 Å². The summed E-state index contributed by atoms with van der Waals surface area (Å²) < 4.78 is 5.99. The third-order valence-corrected chi connectivity index (χ3v) is 5.66. The van der Waals surface area contributed by atoms with E-state index in [1.165, 1.54) is 41.3 Å². The lowest BCUT2D eigenvalue weighted by Crippen LogP contribution is -2.27. The fourth-order valence-electron chi connectivity index (χ4n) is 2.90. The number of rotatable bonds is 5. The van der Waals surface area contributed by atoms with Gasteiger partial charge in [-0.25, -0.2) is 0 Å². The number of non-ortho nitro benzene ring substituents is 2. The minimum atomic E-state index is -0.542. The van der Waals surface area contributed by atoms with Crippen LogP contribution in [0.25, 0.3) is 17.4 Å². The molecule has 2 aromatic carbocycles. The van der Waals surface area contributed by atoms with Crippen LogP contribution in [0.2, 0.25) is 0 Å². The van der Waals surface area contributed by atoms with Crippen molar-refractivity contribution in [3.63, 3.8) is 0 Å². The Hall–Kier alpha value is -3.83. The molecule has 0 radical (unpaired) electrons. The van der Waals surface area contributed by atoms with Crippen molar-refractivity contribution in [2.75, 3.05) is 4.90 Å².